The number of nitrogens with zero attached hydrogens (tertiary/aromatic N) is 3. The van der Waals surface area contributed by atoms with Crippen molar-refractivity contribution in [2.45, 2.75) is 50.0 Å². The van der Waals surface area contributed by atoms with Gasteiger partial charge < -0.3 is 10.2 Å². The summed E-state index contributed by atoms with van der Waals surface area (Å²) >= 11 is 0. The maximum Gasteiger partial charge on any atom is 0.222 e. The van der Waals surface area contributed by atoms with E-state index in [1.807, 2.05) is 13.8 Å². The van der Waals surface area contributed by atoms with Crippen LogP contribution in [0, 0.1) is 11.8 Å². The molecule has 142 valence electrons. The number of fused-ring (bicyclic) bond motifs is 3. The molecule has 1 saturated carbocycles. The quantitative estimate of drug-likeness (QED) is 0.836. The molecule has 26 heavy (non-hydrogen) atoms. The van der Waals surface area contributed by atoms with Gasteiger partial charge in [-0.1, -0.05) is 13.8 Å². The first-order valence-electron chi connectivity index (χ1n) is 9.42. The molecule has 2 fully saturated rings. The van der Waals surface area contributed by atoms with Gasteiger partial charge in [-0.2, -0.15) is 0 Å². The van der Waals surface area contributed by atoms with Crippen LogP contribution in [0.1, 0.15) is 50.3 Å². The number of nitrogens with one attached hydrogen (secondary N) is 1. The Bertz CT molecular complexity index is 820. The van der Waals surface area contributed by atoms with Crippen molar-refractivity contribution >= 4 is 21.7 Å². The normalized spacial score (nSPS) is 26.5. The largest absolute Gasteiger partial charge is 0.354 e. The smallest absolute Gasteiger partial charge is 0.222 e. The fourth-order valence-corrected chi connectivity index (χ4v) is 5.89. The van der Waals surface area contributed by atoms with Crippen LogP contribution in [0.3, 0.4) is 0 Å². The highest BCUT2D eigenvalue weighted by Crippen LogP contribution is 2.39. The average Bonchev–Trinajstić information content (AvgIpc) is 3.27. The van der Waals surface area contributed by atoms with E-state index < -0.39 is 15.1 Å². The van der Waals surface area contributed by atoms with Crippen LogP contribution in [0.15, 0.2) is 6.20 Å². The molecule has 1 amide bonds. The highest BCUT2D eigenvalue weighted by atomic mass is 32.2. The van der Waals surface area contributed by atoms with Crippen LogP contribution in [0.5, 0.6) is 0 Å². The first kappa shape index (κ1) is 17.7. The third-order valence-electron chi connectivity index (χ3n) is 5.51. The predicted octanol–water partition coefficient (Wildman–Crippen LogP) is 1.57. The van der Waals surface area contributed by atoms with Crippen molar-refractivity contribution in [1.82, 2.24) is 14.9 Å². The Morgan fingerprint density at radius 1 is 1.35 bits per heavy atom. The Hall–Kier alpha value is -1.70. The maximum absolute atomic E-state index is 12.7. The summed E-state index contributed by atoms with van der Waals surface area (Å²) in [6.45, 7) is 5.58. The molecule has 1 aromatic rings. The summed E-state index contributed by atoms with van der Waals surface area (Å²) in [5.74, 6) is 1.30. The molecule has 1 aromatic heterocycles. The van der Waals surface area contributed by atoms with Gasteiger partial charge in [0.25, 0.3) is 0 Å². The monoisotopic (exact) mass is 378 g/mol. The van der Waals surface area contributed by atoms with Gasteiger partial charge in [-0.25, -0.2) is 18.4 Å². The van der Waals surface area contributed by atoms with E-state index in [1.54, 1.807) is 11.1 Å². The van der Waals surface area contributed by atoms with Gasteiger partial charge in [-0.3, -0.25) is 4.79 Å². The lowest BCUT2D eigenvalue weighted by atomic mass is 10.00. The van der Waals surface area contributed by atoms with Crippen LogP contribution in [0.2, 0.25) is 0 Å². The lowest BCUT2D eigenvalue weighted by Gasteiger charge is -2.26. The zero-order valence-electron chi connectivity index (χ0n) is 15.3. The van der Waals surface area contributed by atoms with E-state index in [4.69, 9.17) is 0 Å². The second-order valence-electron chi connectivity index (χ2n) is 8.28. The van der Waals surface area contributed by atoms with Gasteiger partial charge in [0.15, 0.2) is 9.84 Å². The first-order valence-corrected chi connectivity index (χ1v) is 11.1. The number of rotatable bonds is 5. The van der Waals surface area contributed by atoms with Crippen molar-refractivity contribution in [2.24, 2.45) is 11.8 Å². The number of likely N-dealkylation sites (tertiary alicyclic amines) is 1. The summed E-state index contributed by atoms with van der Waals surface area (Å²) in [4.78, 5) is 23.1. The van der Waals surface area contributed by atoms with Gasteiger partial charge in [-0.05, 0) is 24.7 Å². The molecule has 3 heterocycles. The molecule has 0 aromatic carbocycles. The van der Waals surface area contributed by atoms with Crippen molar-refractivity contribution in [3.05, 3.63) is 17.5 Å². The fourth-order valence-electron chi connectivity index (χ4n) is 3.90. The van der Waals surface area contributed by atoms with Crippen molar-refractivity contribution in [1.29, 1.82) is 0 Å². The molecule has 2 atom stereocenters. The third-order valence-corrected chi connectivity index (χ3v) is 7.63. The van der Waals surface area contributed by atoms with Gasteiger partial charge in [0.05, 0.1) is 16.7 Å². The molecule has 2 aliphatic heterocycles. The van der Waals surface area contributed by atoms with E-state index >= 15 is 0 Å². The van der Waals surface area contributed by atoms with Crippen molar-refractivity contribution in [3.63, 3.8) is 0 Å². The van der Waals surface area contributed by atoms with E-state index in [0.717, 1.165) is 12.2 Å². The van der Waals surface area contributed by atoms with Crippen LogP contribution in [-0.4, -0.2) is 54.1 Å². The minimum absolute atomic E-state index is 0.0292. The Morgan fingerprint density at radius 3 is 2.81 bits per heavy atom. The van der Waals surface area contributed by atoms with Crippen molar-refractivity contribution in [3.8, 4) is 0 Å². The molecule has 0 spiro atoms. The number of hydrogen-bond donors (Lipinski definition) is 1. The average molecular weight is 378 g/mol. The Balaban J connectivity index is 1.59. The number of hydrogen-bond acceptors (Lipinski definition) is 6. The van der Waals surface area contributed by atoms with Crippen LogP contribution in [0.25, 0.3) is 0 Å². The van der Waals surface area contributed by atoms with E-state index in [-0.39, 0.29) is 30.0 Å². The van der Waals surface area contributed by atoms with Crippen LogP contribution < -0.4 is 5.32 Å². The van der Waals surface area contributed by atoms with E-state index in [2.05, 4.69) is 15.3 Å². The standard InChI is InChI=1S/C18H26N4O3S/c1-11(2)5-16(23)22-8-14-15(9-22)26(24,25)10-13-7-20-18(21-17(13)14)19-6-12-3-4-12/h7,11-12,14-15H,3-6,8-10H2,1-2H3,(H,19,20,21)/t14-,15+/m1/s1. The van der Waals surface area contributed by atoms with Gasteiger partial charge in [0.2, 0.25) is 11.9 Å². The summed E-state index contributed by atoms with van der Waals surface area (Å²) in [7, 11) is -3.29. The number of aromatic nitrogens is 2. The number of amides is 1. The predicted molar refractivity (Wildman–Crippen MR) is 98.4 cm³/mol. The highest BCUT2D eigenvalue weighted by molar-refractivity contribution is 7.91. The number of anilines is 1. The fraction of sp³-hybridized carbons (Fsp3) is 0.722. The minimum atomic E-state index is -3.29. The summed E-state index contributed by atoms with van der Waals surface area (Å²) in [6, 6.07) is 0. The van der Waals surface area contributed by atoms with Gasteiger partial charge in [-0.15, -0.1) is 0 Å². The maximum atomic E-state index is 12.7. The molecule has 4 rings (SSSR count). The molecule has 1 aliphatic carbocycles. The molecule has 0 radical (unpaired) electrons. The molecular weight excluding hydrogens is 352 g/mol. The van der Waals surface area contributed by atoms with E-state index in [0.29, 0.717) is 30.4 Å². The van der Waals surface area contributed by atoms with Gasteiger partial charge in [0.1, 0.15) is 0 Å². The molecule has 1 saturated heterocycles. The molecule has 1 N–H and O–H groups in total. The molecule has 0 unspecified atom stereocenters. The molecular formula is C18H26N4O3S. The Kier molecular flexibility index (Phi) is 4.41. The molecule has 8 heteroatoms. The molecule has 3 aliphatic rings. The summed E-state index contributed by atoms with van der Waals surface area (Å²) in [6.07, 6.45) is 4.58. The Morgan fingerprint density at radius 2 is 2.12 bits per heavy atom. The molecule has 7 nitrogen and oxygen atoms in total. The van der Waals surface area contributed by atoms with Crippen LogP contribution in [-0.2, 0) is 20.4 Å². The molecule has 0 bridgehead atoms. The van der Waals surface area contributed by atoms with Gasteiger partial charge >= 0.3 is 0 Å². The second-order valence-corrected chi connectivity index (χ2v) is 10.5. The highest BCUT2D eigenvalue weighted by Gasteiger charge is 2.48. The van der Waals surface area contributed by atoms with E-state index in [1.165, 1.54) is 12.8 Å². The zero-order chi connectivity index (χ0) is 18.5. The van der Waals surface area contributed by atoms with Gasteiger partial charge in [0, 0.05) is 43.7 Å². The first-order chi connectivity index (χ1) is 12.3. The number of carbonyl (C=O) groups is 1. The zero-order valence-corrected chi connectivity index (χ0v) is 16.1. The minimum Gasteiger partial charge on any atom is -0.354 e. The van der Waals surface area contributed by atoms with Crippen molar-refractivity contribution in [2.75, 3.05) is 25.0 Å². The Labute approximate surface area is 154 Å². The third kappa shape index (κ3) is 3.43. The SMILES string of the molecule is CC(C)CC(=O)N1C[C@H]2c3nc(NCC4CC4)ncc3CS(=O)(=O)[C@H]2C1. The number of carbonyl (C=O) groups excluding carboxylic acids is 1. The number of sulfone groups is 1. The van der Waals surface area contributed by atoms with Crippen LogP contribution in [0.4, 0.5) is 5.95 Å². The second kappa shape index (κ2) is 6.48. The van der Waals surface area contributed by atoms with E-state index in [9.17, 15) is 13.2 Å². The summed E-state index contributed by atoms with van der Waals surface area (Å²) in [5.41, 5.74) is 1.49. The lowest BCUT2D eigenvalue weighted by molar-refractivity contribution is -0.130. The lowest BCUT2D eigenvalue weighted by Crippen LogP contribution is -2.36. The summed E-state index contributed by atoms with van der Waals surface area (Å²) in [5, 5.41) is 2.72. The van der Waals surface area contributed by atoms with Crippen molar-refractivity contribution < 1.29 is 13.2 Å². The topological polar surface area (TPSA) is 92.3 Å². The summed E-state index contributed by atoms with van der Waals surface area (Å²) < 4.78 is 25.4. The van der Waals surface area contributed by atoms with Crippen LogP contribution >= 0.6 is 0 Å².